The normalized spacial score (nSPS) is 32.8. The lowest BCUT2D eigenvalue weighted by Gasteiger charge is -2.20. The Morgan fingerprint density at radius 3 is 2.81 bits per heavy atom. The molecule has 1 saturated carbocycles. The molecule has 16 heavy (non-hydrogen) atoms. The highest BCUT2D eigenvalue weighted by Crippen LogP contribution is 2.47. The maximum atomic E-state index is 5.65. The Balaban J connectivity index is 1.75. The van der Waals surface area contributed by atoms with Gasteiger partial charge in [0, 0.05) is 6.42 Å². The van der Waals surface area contributed by atoms with E-state index in [9.17, 15) is 0 Å². The van der Waals surface area contributed by atoms with Gasteiger partial charge in [-0.15, -0.1) is 0 Å². The van der Waals surface area contributed by atoms with Crippen molar-refractivity contribution in [3.05, 3.63) is 35.9 Å². The minimum atomic E-state index is 0.0323. The number of benzene rings is 1. The molecule has 84 valence electrons. The Morgan fingerprint density at radius 2 is 2.12 bits per heavy atom. The van der Waals surface area contributed by atoms with Crippen molar-refractivity contribution >= 4 is 5.71 Å². The van der Waals surface area contributed by atoms with E-state index in [1.54, 1.807) is 0 Å². The summed E-state index contributed by atoms with van der Waals surface area (Å²) in [5, 5.41) is 4.12. The SMILES string of the molecule is CC1=NOC2(CC[C@H](c3ccccc3)C2)C1. The highest BCUT2D eigenvalue weighted by Gasteiger charge is 2.45. The van der Waals surface area contributed by atoms with Crippen molar-refractivity contribution in [2.24, 2.45) is 5.16 Å². The molecule has 1 aliphatic carbocycles. The summed E-state index contributed by atoms with van der Waals surface area (Å²) in [5.41, 5.74) is 2.63. The lowest BCUT2D eigenvalue weighted by molar-refractivity contribution is -0.0137. The molecule has 1 heterocycles. The second-order valence-electron chi connectivity index (χ2n) is 5.13. The number of nitrogens with zero attached hydrogens (tertiary/aromatic N) is 1. The zero-order valence-electron chi connectivity index (χ0n) is 9.65. The van der Waals surface area contributed by atoms with Crippen LogP contribution in [0.15, 0.2) is 35.5 Å². The van der Waals surface area contributed by atoms with Gasteiger partial charge in [0.2, 0.25) is 0 Å². The van der Waals surface area contributed by atoms with Crippen molar-refractivity contribution in [3.63, 3.8) is 0 Å². The van der Waals surface area contributed by atoms with Gasteiger partial charge in [0.1, 0.15) is 5.60 Å². The van der Waals surface area contributed by atoms with Crippen LogP contribution in [0, 0.1) is 0 Å². The standard InChI is InChI=1S/C14H17NO/c1-11-9-14(16-15-11)8-7-13(10-14)12-5-3-2-4-6-12/h2-6,13H,7-10H2,1H3/t13-,14?/m0/s1. The Hall–Kier alpha value is -1.31. The molecule has 0 amide bonds. The number of hydrogen-bond acceptors (Lipinski definition) is 2. The van der Waals surface area contributed by atoms with E-state index in [1.807, 2.05) is 0 Å². The van der Waals surface area contributed by atoms with Gasteiger partial charge in [0.15, 0.2) is 0 Å². The maximum Gasteiger partial charge on any atom is 0.143 e. The molecule has 0 bridgehead atoms. The summed E-state index contributed by atoms with van der Waals surface area (Å²) in [6, 6.07) is 10.8. The van der Waals surface area contributed by atoms with Crippen LogP contribution in [0.2, 0.25) is 0 Å². The minimum absolute atomic E-state index is 0.0323. The monoisotopic (exact) mass is 215 g/mol. The van der Waals surface area contributed by atoms with E-state index in [-0.39, 0.29) is 5.60 Å². The molecule has 1 spiro atoms. The average Bonchev–Trinajstić information content (AvgIpc) is 2.88. The van der Waals surface area contributed by atoms with E-state index in [2.05, 4.69) is 42.4 Å². The number of hydrogen-bond donors (Lipinski definition) is 0. The molecule has 3 rings (SSSR count). The van der Waals surface area contributed by atoms with Gasteiger partial charge >= 0.3 is 0 Å². The van der Waals surface area contributed by atoms with E-state index in [0.29, 0.717) is 5.92 Å². The quantitative estimate of drug-likeness (QED) is 0.702. The molecule has 2 aliphatic rings. The first-order valence-electron chi connectivity index (χ1n) is 6.04. The summed E-state index contributed by atoms with van der Waals surface area (Å²) in [7, 11) is 0. The molecule has 0 saturated heterocycles. The average molecular weight is 215 g/mol. The van der Waals surface area contributed by atoms with Crippen molar-refractivity contribution in [2.75, 3.05) is 0 Å². The fourth-order valence-corrected chi connectivity index (χ4v) is 3.05. The highest BCUT2D eigenvalue weighted by atomic mass is 16.7. The van der Waals surface area contributed by atoms with Crippen molar-refractivity contribution in [1.29, 1.82) is 0 Å². The third-order valence-electron chi connectivity index (χ3n) is 3.81. The molecular formula is C14H17NO. The van der Waals surface area contributed by atoms with Crippen LogP contribution < -0.4 is 0 Å². The van der Waals surface area contributed by atoms with Gasteiger partial charge in [0.05, 0.1) is 5.71 Å². The Bertz CT molecular complexity index is 412. The van der Waals surface area contributed by atoms with E-state index >= 15 is 0 Å². The van der Waals surface area contributed by atoms with Crippen LogP contribution in [0.3, 0.4) is 0 Å². The molecular weight excluding hydrogens is 198 g/mol. The van der Waals surface area contributed by atoms with Gasteiger partial charge in [-0.2, -0.15) is 0 Å². The topological polar surface area (TPSA) is 21.6 Å². The first-order valence-corrected chi connectivity index (χ1v) is 6.04. The van der Waals surface area contributed by atoms with Crippen LogP contribution in [0.4, 0.5) is 0 Å². The first-order chi connectivity index (χ1) is 7.77. The maximum absolute atomic E-state index is 5.65. The van der Waals surface area contributed by atoms with Gasteiger partial charge in [-0.25, -0.2) is 0 Å². The molecule has 1 unspecified atom stereocenters. The van der Waals surface area contributed by atoms with Gasteiger partial charge in [-0.05, 0) is 37.7 Å². The fourth-order valence-electron chi connectivity index (χ4n) is 3.05. The van der Waals surface area contributed by atoms with Gasteiger partial charge in [-0.1, -0.05) is 35.5 Å². The van der Waals surface area contributed by atoms with Crippen LogP contribution >= 0.6 is 0 Å². The number of oxime groups is 1. The smallest absolute Gasteiger partial charge is 0.143 e. The first kappa shape index (κ1) is 9.88. The van der Waals surface area contributed by atoms with Crippen LogP contribution in [0.25, 0.3) is 0 Å². The molecule has 2 heteroatoms. The van der Waals surface area contributed by atoms with Gasteiger partial charge in [0.25, 0.3) is 0 Å². The lowest BCUT2D eigenvalue weighted by atomic mass is 9.92. The van der Waals surface area contributed by atoms with Gasteiger partial charge < -0.3 is 4.84 Å². The predicted molar refractivity (Wildman–Crippen MR) is 64.6 cm³/mol. The van der Waals surface area contributed by atoms with E-state index < -0.39 is 0 Å². The van der Waals surface area contributed by atoms with Crippen molar-refractivity contribution < 1.29 is 4.84 Å². The highest BCUT2D eigenvalue weighted by molar-refractivity contribution is 5.83. The van der Waals surface area contributed by atoms with Crippen molar-refractivity contribution in [1.82, 2.24) is 0 Å². The number of rotatable bonds is 1. The third kappa shape index (κ3) is 1.62. The Labute approximate surface area is 96.3 Å². The third-order valence-corrected chi connectivity index (χ3v) is 3.81. The summed E-state index contributed by atoms with van der Waals surface area (Å²) in [6.45, 7) is 2.06. The summed E-state index contributed by atoms with van der Waals surface area (Å²) >= 11 is 0. The van der Waals surface area contributed by atoms with Crippen molar-refractivity contribution in [2.45, 2.75) is 44.1 Å². The molecule has 2 nitrogen and oxygen atoms in total. The lowest BCUT2D eigenvalue weighted by Crippen LogP contribution is -2.24. The summed E-state index contributed by atoms with van der Waals surface area (Å²) in [6.07, 6.45) is 4.52. The minimum Gasteiger partial charge on any atom is -0.389 e. The zero-order chi connectivity index (χ0) is 11.0. The summed E-state index contributed by atoms with van der Waals surface area (Å²) in [5.74, 6) is 0.655. The zero-order valence-corrected chi connectivity index (χ0v) is 9.65. The molecule has 0 aromatic heterocycles. The summed E-state index contributed by atoms with van der Waals surface area (Å²) < 4.78 is 0. The van der Waals surface area contributed by atoms with E-state index in [1.165, 1.54) is 12.0 Å². The Morgan fingerprint density at radius 1 is 1.31 bits per heavy atom. The molecule has 1 aromatic rings. The van der Waals surface area contributed by atoms with E-state index in [0.717, 1.165) is 25.0 Å². The van der Waals surface area contributed by atoms with Crippen molar-refractivity contribution in [3.8, 4) is 0 Å². The second-order valence-corrected chi connectivity index (χ2v) is 5.13. The van der Waals surface area contributed by atoms with Crippen LogP contribution in [-0.2, 0) is 4.84 Å². The molecule has 2 atom stereocenters. The molecule has 1 fully saturated rings. The summed E-state index contributed by atoms with van der Waals surface area (Å²) in [4.78, 5) is 5.65. The predicted octanol–water partition coefficient (Wildman–Crippen LogP) is 3.49. The van der Waals surface area contributed by atoms with Crippen LogP contribution in [0.5, 0.6) is 0 Å². The molecule has 1 aliphatic heterocycles. The van der Waals surface area contributed by atoms with Crippen LogP contribution in [-0.4, -0.2) is 11.3 Å². The largest absolute Gasteiger partial charge is 0.389 e. The fraction of sp³-hybridized carbons (Fsp3) is 0.500. The molecule has 0 N–H and O–H groups in total. The van der Waals surface area contributed by atoms with E-state index in [4.69, 9.17) is 4.84 Å². The second kappa shape index (κ2) is 3.62. The van der Waals surface area contributed by atoms with Crippen LogP contribution in [0.1, 0.15) is 44.1 Å². The Kier molecular flexibility index (Phi) is 2.23. The van der Waals surface area contributed by atoms with Gasteiger partial charge in [-0.3, -0.25) is 0 Å². The molecule has 1 aromatic carbocycles. The molecule has 0 radical (unpaired) electrons.